The predicted octanol–water partition coefficient (Wildman–Crippen LogP) is 1.87. The standard InChI is InChI=1S/C12H19BO2/c1-10(2)9-11-7-5-6-8-12(11)13(14-3)15-4/h5-8,10H,9H2,1-4H3. The van der Waals surface area contributed by atoms with Gasteiger partial charge in [-0.25, -0.2) is 0 Å². The summed E-state index contributed by atoms with van der Waals surface area (Å²) in [5, 5.41) is 0. The molecule has 1 aromatic rings. The average Bonchev–Trinajstić information content (AvgIpc) is 2.21. The molecule has 0 spiro atoms. The van der Waals surface area contributed by atoms with E-state index >= 15 is 0 Å². The Morgan fingerprint density at radius 3 is 2.27 bits per heavy atom. The minimum atomic E-state index is -0.250. The summed E-state index contributed by atoms with van der Waals surface area (Å²) in [7, 11) is 3.08. The summed E-state index contributed by atoms with van der Waals surface area (Å²) in [4.78, 5) is 0. The van der Waals surface area contributed by atoms with Crippen molar-refractivity contribution in [2.75, 3.05) is 14.2 Å². The average molecular weight is 206 g/mol. The lowest BCUT2D eigenvalue weighted by molar-refractivity contribution is 0.291. The molecule has 3 heteroatoms. The summed E-state index contributed by atoms with van der Waals surface area (Å²) >= 11 is 0. The fourth-order valence-corrected chi connectivity index (χ4v) is 1.74. The van der Waals surface area contributed by atoms with E-state index in [0.717, 1.165) is 11.9 Å². The van der Waals surface area contributed by atoms with Crippen molar-refractivity contribution < 1.29 is 9.31 Å². The van der Waals surface area contributed by atoms with Crippen LogP contribution in [-0.2, 0) is 15.7 Å². The molecule has 1 aromatic carbocycles. The Hall–Kier alpha value is -0.795. The number of hydrogen-bond donors (Lipinski definition) is 0. The van der Waals surface area contributed by atoms with Gasteiger partial charge in [-0.05, 0) is 23.4 Å². The van der Waals surface area contributed by atoms with Crippen molar-refractivity contribution in [2.24, 2.45) is 5.92 Å². The molecule has 2 nitrogen and oxygen atoms in total. The van der Waals surface area contributed by atoms with Crippen LogP contribution in [-0.4, -0.2) is 21.3 Å². The van der Waals surface area contributed by atoms with E-state index in [4.69, 9.17) is 9.31 Å². The lowest BCUT2D eigenvalue weighted by atomic mass is 9.74. The molecule has 0 aliphatic heterocycles. The molecule has 15 heavy (non-hydrogen) atoms. The molecular formula is C12H19BO2. The highest BCUT2D eigenvalue weighted by molar-refractivity contribution is 6.61. The summed E-state index contributed by atoms with van der Waals surface area (Å²) in [6.07, 6.45) is 1.05. The van der Waals surface area contributed by atoms with Gasteiger partial charge < -0.3 is 9.31 Å². The second kappa shape index (κ2) is 5.94. The van der Waals surface area contributed by atoms with Gasteiger partial charge in [0.15, 0.2) is 0 Å². The van der Waals surface area contributed by atoms with Crippen LogP contribution in [0.15, 0.2) is 24.3 Å². The summed E-state index contributed by atoms with van der Waals surface area (Å²) in [5.41, 5.74) is 2.44. The molecule has 0 saturated carbocycles. The fourth-order valence-electron chi connectivity index (χ4n) is 1.74. The first-order chi connectivity index (χ1) is 7.19. The third-order valence-electron chi connectivity index (χ3n) is 2.37. The normalized spacial score (nSPS) is 10.7. The van der Waals surface area contributed by atoms with Crippen LogP contribution in [0.25, 0.3) is 0 Å². The lowest BCUT2D eigenvalue weighted by Gasteiger charge is -2.14. The van der Waals surface area contributed by atoms with Crippen LogP contribution in [0.1, 0.15) is 19.4 Å². The predicted molar refractivity (Wildman–Crippen MR) is 64.4 cm³/mol. The SMILES string of the molecule is COB(OC)c1ccccc1CC(C)C. The summed E-state index contributed by atoms with van der Waals surface area (Å²) in [5.74, 6) is 0.639. The van der Waals surface area contributed by atoms with Crippen LogP contribution in [0.3, 0.4) is 0 Å². The summed E-state index contributed by atoms with van der Waals surface area (Å²) in [6, 6.07) is 8.28. The molecule has 0 N–H and O–H groups in total. The molecule has 0 aliphatic rings. The second-order valence-electron chi connectivity index (χ2n) is 4.10. The fraction of sp³-hybridized carbons (Fsp3) is 0.500. The van der Waals surface area contributed by atoms with Gasteiger partial charge >= 0.3 is 7.12 Å². The molecule has 1 rings (SSSR count). The van der Waals surface area contributed by atoms with E-state index in [0.29, 0.717) is 5.92 Å². The minimum absolute atomic E-state index is 0.250. The van der Waals surface area contributed by atoms with Crippen LogP contribution in [0.4, 0.5) is 0 Å². The van der Waals surface area contributed by atoms with Gasteiger partial charge in [0, 0.05) is 14.2 Å². The molecule has 0 radical (unpaired) electrons. The molecule has 82 valence electrons. The molecule has 0 heterocycles. The smallest absolute Gasteiger partial charge is 0.410 e. The zero-order valence-corrected chi connectivity index (χ0v) is 9.99. The Bertz CT molecular complexity index is 295. The highest BCUT2D eigenvalue weighted by atomic mass is 16.6. The van der Waals surface area contributed by atoms with Crippen molar-refractivity contribution in [2.45, 2.75) is 20.3 Å². The third-order valence-corrected chi connectivity index (χ3v) is 2.37. The molecule has 0 atom stereocenters. The van der Waals surface area contributed by atoms with Crippen molar-refractivity contribution in [1.29, 1.82) is 0 Å². The Kier molecular flexibility index (Phi) is 4.86. The first kappa shape index (κ1) is 12.3. The van der Waals surface area contributed by atoms with Crippen LogP contribution >= 0.6 is 0 Å². The molecule has 0 amide bonds. The van der Waals surface area contributed by atoms with E-state index in [1.165, 1.54) is 5.56 Å². The Morgan fingerprint density at radius 2 is 1.73 bits per heavy atom. The first-order valence-electron chi connectivity index (χ1n) is 5.32. The van der Waals surface area contributed by atoms with Crippen molar-refractivity contribution >= 4 is 12.6 Å². The maximum absolute atomic E-state index is 5.29. The van der Waals surface area contributed by atoms with Gasteiger partial charge in [0.2, 0.25) is 0 Å². The van der Waals surface area contributed by atoms with Crippen LogP contribution < -0.4 is 5.46 Å². The largest absolute Gasteiger partial charge is 0.493 e. The van der Waals surface area contributed by atoms with Gasteiger partial charge in [-0.15, -0.1) is 0 Å². The molecule has 0 fully saturated rings. The van der Waals surface area contributed by atoms with E-state index in [1.807, 2.05) is 6.07 Å². The van der Waals surface area contributed by atoms with Crippen LogP contribution in [0.5, 0.6) is 0 Å². The molecule has 0 unspecified atom stereocenters. The number of hydrogen-bond acceptors (Lipinski definition) is 2. The van der Waals surface area contributed by atoms with Crippen LogP contribution in [0.2, 0.25) is 0 Å². The Labute approximate surface area is 92.7 Å². The van der Waals surface area contributed by atoms with Gasteiger partial charge in [0.1, 0.15) is 0 Å². The van der Waals surface area contributed by atoms with E-state index < -0.39 is 0 Å². The van der Waals surface area contributed by atoms with E-state index in [-0.39, 0.29) is 7.12 Å². The van der Waals surface area contributed by atoms with Gasteiger partial charge in [0.25, 0.3) is 0 Å². The molecule has 0 aromatic heterocycles. The highest BCUT2D eigenvalue weighted by Crippen LogP contribution is 2.07. The monoisotopic (exact) mass is 206 g/mol. The first-order valence-corrected chi connectivity index (χ1v) is 5.32. The zero-order valence-electron chi connectivity index (χ0n) is 9.99. The van der Waals surface area contributed by atoms with Gasteiger partial charge in [-0.2, -0.15) is 0 Å². The third kappa shape index (κ3) is 3.36. The van der Waals surface area contributed by atoms with Gasteiger partial charge in [-0.3, -0.25) is 0 Å². The zero-order chi connectivity index (χ0) is 11.3. The van der Waals surface area contributed by atoms with E-state index in [2.05, 4.69) is 32.0 Å². The quantitative estimate of drug-likeness (QED) is 0.684. The van der Waals surface area contributed by atoms with Crippen molar-refractivity contribution in [3.05, 3.63) is 29.8 Å². The maximum Gasteiger partial charge on any atom is 0.493 e. The number of rotatable bonds is 5. The second-order valence-corrected chi connectivity index (χ2v) is 4.10. The van der Waals surface area contributed by atoms with Crippen molar-refractivity contribution in [3.63, 3.8) is 0 Å². The number of benzene rings is 1. The molecule has 0 aliphatic carbocycles. The van der Waals surface area contributed by atoms with Gasteiger partial charge in [0.05, 0.1) is 0 Å². The molecule has 0 bridgehead atoms. The highest BCUT2D eigenvalue weighted by Gasteiger charge is 2.21. The van der Waals surface area contributed by atoms with E-state index in [9.17, 15) is 0 Å². The molecular weight excluding hydrogens is 187 g/mol. The maximum atomic E-state index is 5.29. The van der Waals surface area contributed by atoms with Crippen LogP contribution in [0, 0.1) is 5.92 Å². The van der Waals surface area contributed by atoms with E-state index in [1.54, 1.807) is 14.2 Å². The minimum Gasteiger partial charge on any atom is -0.410 e. The Morgan fingerprint density at radius 1 is 1.13 bits per heavy atom. The van der Waals surface area contributed by atoms with Gasteiger partial charge in [-0.1, -0.05) is 38.1 Å². The molecule has 0 saturated heterocycles. The topological polar surface area (TPSA) is 18.5 Å². The summed E-state index contributed by atoms with van der Waals surface area (Å²) < 4.78 is 10.6. The summed E-state index contributed by atoms with van der Waals surface area (Å²) in [6.45, 7) is 4.43. The van der Waals surface area contributed by atoms with Crippen molar-refractivity contribution in [3.8, 4) is 0 Å². The Balaban J connectivity index is 2.94. The van der Waals surface area contributed by atoms with Crippen molar-refractivity contribution in [1.82, 2.24) is 0 Å². The lowest BCUT2D eigenvalue weighted by Crippen LogP contribution is -2.37.